The van der Waals surface area contributed by atoms with Gasteiger partial charge >= 0.3 is 0 Å². The Morgan fingerprint density at radius 2 is 2.18 bits per heavy atom. The average Bonchev–Trinajstić information content (AvgIpc) is 2.03. The zero-order valence-corrected chi connectivity index (χ0v) is 6.67. The molecule has 0 unspecified atom stereocenters. The summed E-state index contributed by atoms with van der Waals surface area (Å²) in [5.41, 5.74) is 3.17. The van der Waals surface area contributed by atoms with Crippen LogP contribution in [0.4, 0.5) is 0 Å². The number of benzene rings is 1. The molecule has 1 nitrogen and oxygen atoms in total. The van der Waals surface area contributed by atoms with E-state index in [2.05, 4.69) is 6.58 Å². The van der Waals surface area contributed by atoms with E-state index in [9.17, 15) is 0 Å². The van der Waals surface area contributed by atoms with Crippen LogP contribution in [0, 0.1) is 6.92 Å². The van der Waals surface area contributed by atoms with E-state index in [-0.39, 0.29) is 6.61 Å². The highest BCUT2D eigenvalue weighted by Gasteiger charge is 1.93. The van der Waals surface area contributed by atoms with Crippen LogP contribution in [-0.4, -0.2) is 5.11 Å². The van der Waals surface area contributed by atoms with Crippen molar-refractivity contribution in [3.63, 3.8) is 0 Å². The summed E-state index contributed by atoms with van der Waals surface area (Å²) >= 11 is 0. The van der Waals surface area contributed by atoms with Gasteiger partial charge in [0, 0.05) is 0 Å². The fourth-order valence-electron chi connectivity index (χ4n) is 1.10. The van der Waals surface area contributed by atoms with Gasteiger partial charge in [-0.05, 0) is 24.1 Å². The largest absolute Gasteiger partial charge is 0.392 e. The van der Waals surface area contributed by atoms with Crippen molar-refractivity contribution in [1.82, 2.24) is 0 Å². The van der Waals surface area contributed by atoms with Crippen LogP contribution in [0.2, 0.25) is 0 Å². The molecule has 1 heteroatoms. The molecule has 0 atom stereocenters. The Morgan fingerprint density at radius 3 is 2.73 bits per heavy atom. The Morgan fingerprint density at radius 1 is 1.45 bits per heavy atom. The third kappa shape index (κ3) is 1.92. The lowest BCUT2D eigenvalue weighted by Crippen LogP contribution is -1.85. The van der Waals surface area contributed by atoms with E-state index in [1.54, 1.807) is 6.08 Å². The molecule has 0 heterocycles. The van der Waals surface area contributed by atoms with E-state index < -0.39 is 0 Å². The molecule has 0 aliphatic rings. The summed E-state index contributed by atoms with van der Waals surface area (Å²) in [7, 11) is 0. The molecule has 0 amide bonds. The maximum atomic E-state index is 8.85. The minimum absolute atomic E-state index is 0.0997. The van der Waals surface area contributed by atoms with Crippen molar-refractivity contribution in [2.75, 3.05) is 0 Å². The SMILES string of the molecule is C=Cc1cc(C)cc(CO)c1. The van der Waals surface area contributed by atoms with Gasteiger partial charge < -0.3 is 5.11 Å². The predicted molar refractivity (Wildman–Crippen MR) is 47.2 cm³/mol. The second-order valence-corrected chi connectivity index (χ2v) is 2.61. The zero-order valence-electron chi connectivity index (χ0n) is 6.67. The maximum absolute atomic E-state index is 8.85. The fraction of sp³-hybridized carbons (Fsp3) is 0.200. The van der Waals surface area contributed by atoms with Crippen LogP contribution in [0.15, 0.2) is 24.8 Å². The monoisotopic (exact) mass is 148 g/mol. The number of hydrogen-bond acceptors (Lipinski definition) is 1. The van der Waals surface area contributed by atoms with Crippen LogP contribution in [0.3, 0.4) is 0 Å². The molecule has 1 rings (SSSR count). The van der Waals surface area contributed by atoms with Crippen molar-refractivity contribution in [1.29, 1.82) is 0 Å². The van der Waals surface area contributed by atoms with Gasteiger partial charge in [0.2, 0.25) is 0 Å². The van der Waals surface area contributed by atoms with E-state index in [0.717, 1.165) is 16.7 Å². The van der Waals surface area contributed by atoms with Crippen LogP contribution < -0.4 is 0 Å². The average molecular weight is 148 g/mol. The molecule has 0 bridgehead atoms. The Labute approximate surface area is 67.0 Å². The minimum atomic E-state index is 0.0997. The quantitative estimate of drug-likeness (QED) is 0.681. The second kappa shape index (κ2) is 3.35. The molecule has 1 aromatic rings. The van der Waals surface area contributed by atoms with Crippen molar-refractivity contribution in [2.45, 2.75) is 13.5 Å². The van der Waals surface area contributed by atoms with E-state index in [4.69, 9.17) is 5.11 Å². The lowest BCUT2D eigenvalue weighted by Gasteiger charge is -2.00. The Kier molecular flexibility index (Phi) is 2.44. The highest BCUT2D eigenvalue weighted by Crippen LogP contribution is 2.10. The molecule has 0 spiro atoms. The van der Waals surface area contributed by atoms with Gasteiger partial charge in [0.15, 0.2) is 0 Å². The lowest BCUT2D eigenvalue weighted by atomic mass is 10.1. The Bertz CT molecular complexity index is 264. The van der Waals surface area contributed by atoms with Gasteiger partial charge in [0.05, 0.1) is 6.61 Å². The van der Waals surface area contributed by atoms with Gasteiger partial charge in [-0.3, -0.25) is 0 Å². The summed E-state index contributed by atoms with van der Waals surface area (Å²) in [5, 5.41) is 8.85. The van der Waals surface area contributed by atoms with Gasteiger partial charge in [-0.2, -0.15) is 0 Å². The molecule has 0 fully saturated rings. The summed E-state index contributed by atoms with van der Waals surface area (Å²) in [6, 6.07) is 5.93. The summed E-state index contributed by atoms with van der Waals surface area (Å²) in [5.74, 6) is 0. The van der Waals surface area contributed by atoms with Gasteiger partial charge in [-0.25, -0.2) is 0 Å². The van der Waals surface area contributed by atoms with Gasteiger partial charge in [0.1, 0.15) is 0 Å². The third-order valence-electron chi connectivity index (χ3n) is 1.58. The molecule has 0 saturated carbocycles. The zero-order chi connectivity index (χ0) is 8.27. The molecule has 0 aliphatic carbocycles. The van der Waals surface area contributed by atoms with Gasteiger partial charge in [-0.1, -0.05) is 30.4 Å². The number of aliphatic hydroxyl groups is 1. The topological polar surface area (TPSA) is 20.2 Å². The Hall–Kier alpha value is -1.08. The number of aliphatic hydroxyl groups excluding tert-OH is 1. The first-order valence-electron chi connectivity index (χ1n) is 3.60. The number of hydrogen-bond donors (Lipinski definition) is 1. The summed E-state index contributed by atoms with van der Waals surface area (Å²) < 4.78 is 0. The molecule has 1 N–H and O–H groups in total. The van der Waals surface area contributed by atoms with Crippen molar-refractivity contribution in [2.24, 2.45) is 0 Å². The second-order valence-electron chi connectivity index (χ2n) is 2.61. The first kappa shape index (κ1) is 8.02. The van der Waals surface area contributed by atoms with Crippen LogP contribution in [0.5, 0.6) is 0 Å². The first-order valence-corrected chi connectivity index (χ1v) is 3.60. The van der Waals surface area contributed by atoms with Crippen LogP contribution in [0.1, 0.15) is 16.7 Å². The van der Waals surface area contributed by atoms with Crippen molar-refractivity contribution in [3.05, 3.63) is 41.5 Å². The minimum Gasteiger partial charge on any atom is -0.392 e. The predicted octanol–water partition coefficient (Wildman–Crippen LogP) is 2.13. The van der Waals surface area contributed by atoms with Crippen molar-refractivity contribution < 1.29 is 5.11 Å². The van der Waals surface area contributed by atoms with Crippen LogP contribution in [0.25, 0.3) is 6.08 Å². The molecule has 0 aliphatic heterocycles. The van der Waals surface area contributed by atoms with E-state index in [1.807, 2.05) is 25.1 Å². The molecular formula is C10H12O. The smallest absolute Gasteiger partial charge is 0.0682 e. The van der Waals surface area contributed by atoms with Crippen molar-refractivity contribution >= 4 is 6.08 Å². The normalized spacial score (nSPS) is 9.64. The standard InChI is InChI=1S/C10H12O/c1-3-9-4-8(2)5-10(6-9)7-11/h3-6,11H,1,7H2,2H3. The molecule has 58 valence electrons. The fourth-order valence-corrected chi connectivity index (χ4v) is 1.10. The molecule has 0 radical (unpaired) electrons. The summed E-state index contributed by atoms with van der Waals surface area (Å²) in [4.78, 5) is 0. The highest BCUT2D eigenvalue weighted by atomic mass is 16.3. The summed E-state index contributed by atoms with van der Waals surface area (Å²) in [6.07, 6.45) is 1.78. The molecule has 1 aromatic carbocycles. The highest BCUT2D eigenvalue weighted by molar-refractivity contribution is 5.49. The third-order valence-corrected chi connectivity index (χ3v) is 1.58. The molecule has 0 aromatic heterocycles. The van der Waals surface area contributed by atoms with Crippen LogP contribution in [-0.2, 0) is 6.61 Å². The summed E-state index contributed by atoms with van der Waals surface area (Å²) in [6.45, 7) is 5.77. The number of aryl methyl sites for hydroxylation is 1. The first-order chi connectivity index (χ1) is 5.26. The molecule has 0 saturated heterocycles. The van der Waals surface area contributed by atoms with Gasteiger partial charge in [-0.15, -0.1) is 0 Å². The van der Waals surface area contributed by atoms with E-state index >= 15 is 0 Å². The van der Waals surface area contributed by atoms with Gasteiger partial charge in [0.25, 0.3) is 0 Å². The van der Waals surface area contributed by atoms with E-state index in [0.29, 0.717) is 0 Å². The number of rotatable bonds is 2. The van der Waals surface area contributed by atoms with E-state index in [1.165, 1.54) is 0 Å². The Balaban J connectivity index is 3.11. The maximum Gasteiger partial charge on any atom is 0.0682 e. The van der Waals surface area contributed by atoms with Crippen molar-refractivity contribution in [3.8, 4) is 0 Å². The molecular weight excluding hydrogens is 136 g/mol. The lowest BCUT2D eigenvalue weighted by molar-refractivity contribution is 0.281. The van der Waals surface area contributed by atoms with Crippen LogP contribution >= 0.6 is 0 Å². The molecule has 11 heavy (non-hydrogen) atoms.